The van der Waals surface area contributed by atoms with Gasteiger partial charge in [-0.1, -0.05) is 23.7 Å². The van der Waals surface area contributed by atoms with Gasteiger partial charge in [-0.2, -0.15) is 0 Å². The third kappa shape index (κ3) is 3.46. The van der Waals surface area contributed by atoms with E-state index in [1.807, 2.05) is 31.2 Å². The molecular weight excluding hydrogens is 338 g/mol. The van der Waals surface area contributed by atoms with Crippen molar-refractivity contribution in [3.05, 3.63) is 53.1 Å². The SMILES string of the molecule is Cc1cc(Cl)ccc1NC(=O)CN1C(=O)C(C)(C)Nc2ccccc21. The fourth-order valence-corrected chi connectivity index (χ4v) is 3.14. The number of benzene rings is 2. The second-order valence-corrected chi connectivity index (χ2v) is 7.10. The summed E-state index contributed by atoms with van der Waals surface area (Å²) in [4.78, 5) is 26.8. The van der Waals surface area contributed by atoms with Crippen LogP contribution in [-0.2, 0) is 9.59 Å². The molecule has 25 heavy (non-hydrogen) atoms. The fraction of sp³-hybridized carbons (Fsp3) is 0.263. The second kappa shape index (κ2) is 6.41. The smallest absolute Gasteiger partial charge is 0.252 e. The molecule has 0 aromatic heterocycles. The number of hydrogen-bond donors (Lipinski definition) is 2. The zero-order chi connectivity index (χ0) is 18.2. The number of hydrogen-bond acceptors (Lipinski definition) is 3. The Morgan fingerprint density at radius 1 is 1.24 bits per heavy atom. The van der Waals surface area contributed by atoms with Gasteiger partial charge in [0.1, 0.15) is 12.1 Å². The molecule has 2 N–H and O–H groups in total. The summed E-state index contributed by atoms with van der Waals surface area (Å²) < 4.78 is 0. The van der Waals surface area contributed by atoms with Gasteiger partial charge in [0.15, 0.2) is 0 Å². The van der Waals surface area contributed by atoms with Crippen molar-refractivity contribution in [2.45, 2.75) is 26.3 Å². The maximum absolute atomic E-state index is 12.8. The average molecular weight is 358 g/mol. The summed E-state index contributed by atoms with van der Waals surface area (Å²) in [5.41, 5.74) is 2.32. The topological polar surface area (TPSA) is 61.4 Å². The molecule has 0 spiro atoms. The number of carbonyl (C=O) groups excluding carboxylic acids is 2. The van der Waals surface area contributed by atoms with E-state index in [0.29, 0.717) is 16.4 Å². The van der Waals surface area contributed by atoms with E-state index in [1.165, 1.54) is 4.90 Å². The van der Waals surface area contributed by atoms with Gasteiger partial charge in [-0.25, -0.2) is 0 Å². The minimum absolute atomic E-state index is 0.0526. The number of nitrogens with one attached hydrogen (secondary N) is 2. The van der Waals surface area contributed by atoms with Crippen LogP contribution in [0.5, 0.6) is 0 Å². The summed E-state index contributed by atoms with van der Waals surface area (Å²) in [6.07, 6.45) is 0. The molecule has 0 bridgehead atoms. The molecule has 130 valence electrons. The van der Waals surface area contributed by atoms with Crippen LogP contribution in [0.25, 0.3) is 0 Å². The Kier molecular flexibility index (Phi) is 4.43. The van der Waals surface area contributed by atoms with Crippen LogP contribution in [0.3, 0.4) is 0 Å². The van der Waals surface area contributed by atoms with Crippen LogP contribution in [-0.4, -0.2) is 23.9 Å². The van der Waals surface area contributed by atoms with Crippen LogP contribution >= 0.6 is 11.6 Å². The third-order valence-corrected chi connectivity index (χ3v) is 4.42. The summed E-state index contributed by atoms with van der Waals surface area (Å²) >= 11 is 5.94. The summed E-state index contributed by atoms with van der Waals surface area (Å²) in [5.74, 6) is -0.402. The molecule has 0 unspecified atom stereocenters. The predicted molar refractivity (Wildman–Crippen MR) is 101 cm³/mol. The molecule has 6 heteroatoms. The lowest BCUT2D eigenvalue weighted by Crippen LogP contribution is -2.55. The van der Waals surface area contributed by atoms with Gasteiger partial charge in [0.05, 0.1) is 11.4 Å². The minimum atomic E-state index is -0.773. The van der Waals surface area contributed by atoms with Gasteiger partial charge in [0.2, 0.25) is 5.91 Å². The van der Waals surface area contributed by atoms with E-state index >= 15 is 0 Å². The Bertz CT molecular complexity index is 848. The van der Waals surface area contributed by atoms with Crippen molar-refractivity contribution < 1.29 is 9.59 Å². The summed E-state index contributed by atoms with van der Waals surface area (Å²) in [7, 11) is 0. The van der Waals surface area contributed by atoms with Crippen molar-refractivity contribution in [2.24, 2.45) is 0 Å². The number of amides is 2. The molecule has 1 aliphatic rings. The standard InChI is InChI=1S/C19H20ClN3O2/c1-12-10-13(20)8-9-14(12)21-17(24)11-23-16-7-5-4-6-15(16)22-19(2,3)18(23)25/h4-10,22H,11H2,1-3H3,(H,21,24). The van der Waals surface area contributed by atoms with Crippen LogP contribution in [0.15, 0.2) is 42.5 Å². The largest absolute Gasteiger partial charge is 0.370 e. The lowest BCUT2D eigenvalue weighted by molar-refractivity contribution is -0.124. The highest BCUT2D eigenvalue weighted by Gasteiger charge is 2.39. The Hall–Kier alpha value is -2.53. The normalized spacial score (nSPS) is 15.4. The van der Waals surface area contributed by atoms with Crippen molar-refractivity contribution in [3.63, 3.8) is 0 Å². The van der Waals surface area contributed by atoms with E-state index in [9.17, 15) is 9.59 Å². The first-order valence-electron chi connectivity index (χ1n) is 8.03. The molecule has 0 radical (unpaired) electrons. The minimum Gasteiger partial charge on any atom is -0.370 e. The van der Waals surface area contributed by atoms with Gasteiger partial charge in [-0.3, -0.25) is 14.5 Å². The van der Waals surface area contributed by atoms with Crippen LogP contribution in [0, 0.1) is 6.92 Å². The average Bonchev–Trinajstić information content (AvgIpc) is 2.54. The van der Waals surface area contributed by atoms with Crippen molar-refractivity contribution in [2.75, 3.05) is 22.1 Å². The molecule has 0 atom stereocenters. The van der Waals surface area contributed by atoms with E-state index < -0.39 is 5.54 Å². The van der Waals surface area contributed by atoms with Crippen LogP contribution in [0.2, 0.25) is 5.02 Å². The van der Waals surface area contributed by atoms with E-state index in [2.05, 4.69) is 10.6 Å². The Labute approximate surface area is 152 Å². The van der Waals surface area contributed by atoms with Gasteiger partial charge >= 0.3 is 0 Å². The van der Waals surface area contributed by atoms with Gasteiger partial charge in [-0.05, 0) is 56.7 Å². The Morgan fingerprint density at radius 2 is 1.96 bits per heavy atom. The third-order valence-electron chi connectivity index (χ3n) is 4.19. The highest BCUT2D eigenvalue weighted by molar-refractivity contribution is 6.30. The monoisotopic (exact) mass is 357 g/mol. The van der Waals surface area contributed by atoms with Gasteiger partial charge in [-0.15, -0.1) is 0 Å². The summed E-state index contributed by atoms with van der Waals surface area (Å²) in [6, 6.07) is 12.7. The molecular formula is C19H20ClN3O2. The van der Waals surface area contributed by atoms with Crippen molar-refractivity contribution in [1.82, 2.24) is 0 Å². The predicted octanol–water partition coefficient (Wildman–Crippen LogP) is 3.82. The first kappa shape index (κ1) is 17.3. The van der Waals surface area contributed by atoms with Crippen LogP contribution in [0.4, 0.5) is 17.1 Å². The van der Waals surface area contributed by atoms with Crippen molar-refractivity contribution in [1.29, 1.82) is 0 Å². The quantitative estimate of drug-likeness (QED) is 0.877. The highest BCUT2D eigenvalue weighted by Crippen LogP contribution is 2.34. The number of carbonyl (C=O) groups is 2. The fourth-order valence-electron chi connectivity index (χ4n) is 2.91. The van der Waals surface area contributed by atoms with E-state index in [1.54, 1.807) is 32.0 Å². The lowest BCUT2D eigenvalue weighted by Gasteiger charge is -2.39. The van der Waals surface area contributed by atoms with Crippen molar-refractivity contribution in [3.8, 4) is 0 Å². The zero-order valence-corrected chi connectivity index (χ0v) is 15.1. The highest BCUT2D eigenvalue weighted by atomic mass is 35.5. The van der Waals surface area contributed by atoms with Crippen LogP contribution < -0.4 is 15.5 Å². The van der Waals surface area contributed by atoms with Gasteiger partial charge in [0.25, 0.3) is 5.91 Å². The maximum atomic E-state index is 12.8. The maximum Gasteiger partial charge on any atom is 0.252 e. The molecule has 0 saturated carbocycles. The lowest BCUT2D eigenvalue weighted by atomic mass is 9.98. The number of anilines is 3. The zero-order valence-electron chi connectivity index (χ0n) is 14.4. The molecule has 1 heterocycles. The number of rotatable bonds is 3. The second-order valence-electron chi connectivity index (χ2n) is 6.67. The van der Waals surface area contributed by atoms with E-state index in [4.69, 9.17) is 11.6 Å². The number of aryl methyl sites for hydroxylation is 1. The summed E-state index contributed by atoms with van der Waals surface area (Å²) in [6.45, 7) is 5.43. The molecule has 0 fully saturated rings. The molecule has 2 amide bonds. The summed E-state index contributed by atoms with van der Waals surface area (Å²) in [5, 5.41) is 6.68. The van der Waals surface area contributed by atoms with Gasteiger partial charge < -0.3 is 10.6 Å². The van der Waals surface area contributed by atoms with E-state index in [-0.39, 0.29) is 18.4 Å². The molecule has 3 rings (SSSR count). The Balaban J connectivity index is 1.83. The van der Waals surface area contributed by atoms with E-state index in [0.717, 1.165) is 11.3 Å². The van der Waals surface area contributed by atoms with Gasteiger partial charge in [0, 0.05) is 10.7 Å². The number of fused-ring (bicyclic) bond motifs is 1. The number of para-hydroxylation sites is 2. The first-order chi connectivity index (χ1) is 11.8. The molecule has 2 aromatic rings. The molecule has 0 saturated heterocycles. The molecule has 5 nitrogen and oxygen atoms in total. The number of halogens is 1. The van der Waals surface area contributed by atoms with Crippen LogP contribution in [0.1, 0.15) is 19.4 Å². The molecule has 0 aliphatic carbocycles. The first-order valence-corrected chi connectivity index (χ1v) is 8.41. The molecule has 1 aliphatic heterocycles. The molecule has 2 aromatic carbocycles. The number of nitrogens with zero attached hydrogens (tertiary/aromatic N) is 1. The Morgan fingerprint density at radius 3 is 2.68 bits per heavy atom. The van der Waals surface area contributed by atoms with Crippen molar-refractivity contribution >= 4 is 40.5 Å².